The molecule has 2 aromatic heterocycles. The van der Waals surface area contributed by atoms with Crippen molar-refractivity contribution in [1.29, 1.82) is 0 Å². The zero-order valence-corrected chi connectivity index (χ0v) is 67.9. The van der Waals surface area contributed by atoms with Gasteiger partial charge in [-0.15, -0.1) is 0 Å². The average molecular weight is 1750 g/mol. The van der Waals surface area contributed by atoms with Crippen LogP contribution in [0, 0.1) is 0 Å². The van der Waals surface area contributed by atoms with Crippen molar-refractivity contribution in [3.63, 3.8) is 0 Å². The molecule has 24 fully saturated rings. The van der Waals surface area contributed by atoms with E-state index < -0.39 is 302 Å². The number of carbonyl (C=O) groups is 16. The van der Waals surface area contributed by atoms with Crippen LogP contribution in [0.25, 0.3) is 22.9 Å². The van der Waals surface area contributed by atoms with Gasteiger partial charge in [-0.2, -0.15) is 0 Å². The Kier molecular flexibility index (Phi) is 13.4. The predicted molar refractivity (Wildman–Crippen MR) is 412 cm³/mol. The van der Waals surface area contributed by atoms with Crippen LogP contribution in [0.4, 0.5) is 76.7 Å². The molecule has 0 radical (unpaired) electrons. The van der Waals surface area contributed by atoms with Crippen molar-refractivity contribution < 1.29 is 95.3 Å². The van der Waals surface area contributed by atoms with E-state index in [1.165, 1.54) is 168 Å². The molecule has 4 aromatic rings. The Balaban J connectivity index is 0.000000220. The fraction of sp³-hybridized carbons (Fsp3) is 0.474. The van der Waals surface area contributed by atoms with Crippen LogP contribution in [0.2, 0.25) is 0 Å². The van der Waals surface area contributed by atoms with Crippen molar-refractivity contribution in [3.05, 3.63) is 109 Å². The Morgan fingerprint density at radius 1 is 0.250 bits per heavy atom. The third kappa shape index (κ3) is 8.54. The summed E-state index contributed by atoms with van der Waals surface area (Å²) in [6.45, 7) is -7.53. The molecule has 28 rings (SSSR count). The summed E-state index contributed by atoms with van der Waals surface area (Å²) >= 11 is 0. The molecule has 0 unspecified atom stereocenters. The Morgan fingerprint density at radius 2 is 0.430 bits per heavy atom. The summed E-state index contributed by atoms with van der Waals surface area (Å²) in [4.78, 5) is 289. The van der Waals surface area contributed by atoms with Crippen molar-refractivity contribution in [2.75, 3.05) is 120 Å². The molecule has 2 aromatic carbocycles. The third-order valence-corrected chi connectivity index (χ3v) is 30.3. The van der Waals surface area contributed by atoms with Gasteiger partial charge in [0.2, 0.25) is 0 Å². The number of benzene rings is 2. The Labute approximate surface area is 721 Å². The van der Waals surface area contributed by atoms with Gasteiger partial charge in [0.1, 0.15) is 132 Å². The van der Waals surface area contributed by atoms with E-state index in [9.17, 15) is 0 Å². The molecule has 0 saturated carbocycles. The van der Waals surface area contributed by atoms with Gasteiger partial charge in [0.15, 0.2) is 130 Å². The number of methoxy groups -OCH3 is 1. The normalized spacial score (nSPS) is 33.1. The Bertz CT molecular complexity index is 4800. The first-order valence-corrected chi connectivity index (χ1v) is 42.1. The molecule has 128 heavy (non-hydrogen) atoms. The maximum absolute atomic E-state index is 15.5. The Morgan fingerprint density at radius 3 is 0.625 bits per heavy atom. The fourth-order valence-corrected chi connectivity index (χ4v) is 24.7. The first-order chi connectivity index (χ1) is 62.0. The molecule has 656 valence electrons. The minimum Gasteiger partial charge on any atom is -0.497 e. The maximum Gasteiger partial charge on any atom is 0.326 e. The zero-order valence-electron chi connectivity index (χ0n) is 67.9. The lowest BCUT2D eigenvalue weighted by atomic mass is 10.1. The number of carbonyl (C=O) groups excluding carboxylic acids is 16. The van der Waals surface area contributed by atoms with E-state index in [0.717, 1.165) is 28.8 Å². The van der Waals surface area contributed by atoms with Crippen LogP contribution in [0.3, 0.4) is 0 Å². The monoisotopic (exact) mass is 1750 g/mol. The van der Waals surface area contributed by atoms with Crippen LogP contribution in [-0.2, 0) is 13.6 Å². The highest BCUT2D eigenvalue weighted by atomic mass is 16.5. The molecule has 24 aliphatic heterocycles. The standard InChI is InChI=1S/C48H48N32O16.C28H28N2O2/c81-33-49-1-50-18-20-54(34(50)82)4-58-22-24-62(38(58)86)8-66-26-28-70(42(66)90)12-74-30-32-78(46(74)94)15-77-31-29-73(45(77)93)11-69-27-25-65(41(69)89)7-61-23-21-57(37(61)85)3-53(33)19-17(49)51-2-52(18)36(84)56(20)6-60(22)40(88)64(24)10-68(26)44(92)72(28)14-76(30)48(96)80(32)16-79(31)47(95)75(29)13-71(27)43(91)67(25)9-63(23)39(87)59(21)5-55(19)35(51)83;1-29-16-11-23(12-17-29)5-6-24-13-18-30(19-14-24)15-3-4-20-32-28-10-8-25-21-27(31-2)9-7-26(25)22-28/h17-32H,1-16H2;3-14,16-19,21-22H,15,20H2,1-2H3/q;+2/b;4-3+,6-5+. The fourth-order valence-electron chi connectivity index (χ4n) is 24.7. The number of pyridine rings is 2. The van der Waals surface area contributed by atoms with Crippen molar-refractivity contribution in [1.82, 2.24) is 157 Å². The average Bonchev–Trinajstić information content (AvgIpc) is 1.51. The number of amides is 32. The summed E-state index contributed by atoms with van der Waals surface area (Å²) in [5.74, 6) is 1.73. The molecule has 24 saturated heterocycles. The van der Waals surface area contributed by atoms with Gasteiger partial charge in [0.25, 0.3) is 0 Å². The minimum absolute atomic E-state index is 0.540. The zero-order chi connectivity index (χ0) is 86.4. The summed E-state index contributed by atoms with van der Waals surface area (Å²) in [5.41, 5.74) is 2.37. The van der Waals surface area contributed by atoms with Crippen molar-refractivity contribution >= 4 is 119 Å². The maximum atomic E-state index is 15.5. The molecule has 52 heteroatoms. The van der Waals surface area contributed by atoms with Crippen LogP contribution in [0.15, 0.2) is 97.6 Å². The molecule has 26 heterocycles. The minimum atomic E-state index is -1.28. The van der Waals surface area contributed by atoms with E-state index in [-0.39, 0.29) is 0 Å². The van der Waals surface area contributed by atoms with Gasteiger partial charge in [0, 0.05) is 24.3 Å². The highest BCUT2D eigenvalue weighted by molar-refractivity contribution is 5.97. The third-order valence-electron chi connectivity index (χ3n) is 30.3. The van der Waals surface area contributed by atoms with Crippen molar-refractivity contribution in [2.24, 2.45) is 7.05 Å². The van der Waals surface area contributed by atoms with Gasteiger partial charge in [-0.25, -0.2) is 85.8 Å². The topological polar surface area (TPSA) is 403 Å². The number of urea groups is 16. The highest BCUT2D eigenvalue weighted by Gasteiger charge is 2.78. The number of hydrogen-bond donors (Lipinski definition) is 0. The smallest absolute Gasteiger partial charge is 0.326 e. The molecule has 0 spiro atoms. The second-order valence-electron chi connectivity index (χ2n) is 36.1. The predicted octanol–water partition coefficient (Wildman–Crippen LogP) is -2.79. The van der Waals surface area contributed by atoms with Crippen LogP contribution in [0.1, 0.15) is 11.1 Å². The van der Waals surface area contributed by atoms with Gasteiger partial charge in [-0.05, 0) is 58.3 Å². The van der Waals surface area contributed by atoms with E-state index >= 15 is 76.7 Å². The lowest BCUT2D eigenvalue weighted by Gasteiger charge is -2.42. The number of ether oxygens (including phenoxy) is 2. The van der Waals surface area contributed by atoms with Gasteiger partial charge < -0.3 is 9.47 Å². The molecule has 52 nitrogen and oxygen atoms in total. The van der Waals surface area contributed by atoms with E-state index in [2.05, 4.69) is 77.7 Å². The van der Waals surface area contributed by atoms with Crippen molar-refractivity contribution in [2.45, 2.75) is 105 Å². The molecule has 32 amide bonds. The number of hydrogen-bond acceptors (Lipinski definition) is 18. The second-order valence-corrected chi connectivity index (χ2v) is 36.1. The van der Waals surface area contributed by atoms with E-state index in [0.29, 0.717) is 6.61 Å². The van der Waals surface area contributed by atoms with Gasteiger partial charge in [-0.1, -0.05) is 24.3 Å². The lowest BCUT2D eigenvalue weighted by Crippen LogP contribution is -2.63. The first-order valence-electron chi connectivity index (χ1n) is 42.1. The first kappa shape index (κ1) is 71.8. The number of aromatic nitrogens is 2. The van der Waals surface area contributed by atoms with Gasteiger partial charge in [-0.3, -0.25) is 157 Å². The number of allylic oxidation sites excluding steroid dienone is 1. The molecule has 0 N–H and O–H groups in total. The van der Waals surface area contributed by atoms with Crippen LogP contribution in [0.5, 0.6) is 11.5 Å². The number of nitrogens with zero attached hydrogens (tertiary/aromatic N) is 34. The van der Waals surface area contributed by atoms with E-state index in [1.54, 1.807) is 7.11 Å². The Hall–Kier alpha value is -15.6. The largest absolute Gasteiger partial charge is 0.497 e. The number of rotatable bonds is 8. The molecule has 24 aliphatic rings. The summed E-state index contributed by atoms with van der Waals surface area (Å²) < 4.78 is 15.3. The van der Waals surface area contributed by atoms with E-state index in [1.807, 2.05) is 48.3 Å². The summed E-state index contributed by atoms with van der Waals surface area (Å²) in [6.07, 6.45) is -3.73. The quantitative estimate of drug-likeness (QED) is 0.127. The summed E-state index contributed by atoms with van der Waals surface area (Å²) in [7, 11) is 3.70. The molecular formula is C76H76N34O18+2. The van der Waals surface area contributed by atoms with Crippen molar-refractivity contribution in [3.8, 4) is 11.5 Å². The molecule has 0 atom stereocenters. The van der Waals surface area contributed by atoms with Gasteiger partial charge >= 0.3 is 96.5 Å². The number of fused-ring (bicyclic) bond motifs is 1. The van der Waals surface area contributed by atoms with E-state index in [4.69, 9.17) is 9.47 Å². The van der Waals surface area contributed by atoms with Crippen LogP contribution < -0.4 is 18.6 Å². The van der Waals surface area contributed by atoms with Gasteiger partial charge in [0.05, 0.1) is 7.11 Å². The van der Waals surface area contributed by atoms with Crippen LogP contribution >= 0.6 is 0 Å². The molecule has 0 aliphatic carbocycles. The SMILES string of the molecule is COc1ccc2cc(OC/C=C/C[n+]3ccc(/C=C/c4cc[n+](C)cc4)cc3)ccc2c1.O=C1N2CN3C(=O)N4CN5C(=O)N6CN7C(=O)N8CN9C(=O)N%10CN%11C(=O)N%12CN%13C(=O)N%14CN%15C(=O)N%16CN1C1C2N2CN%17C(=O)N(CN%18C(=O)N(CN%19C(=O)N(CN%20C(=O)N(CN%21C(=O)N(CN%22C(=O)N(CN%23C(=O)N(CN1C2=O)C%16C%15%23)C%14C%13%22)C%12C%11%21)C%10C9%20)C8C7%19)C6C5%18)C4C3%17. The molecule has 0 bridgehead atoms. The second kappa shape index (κ2) is 23.9. The van der Waals surface area contributed by atoms with Crippen LogP contribution in [-0.4, -0.2) is 472 Å². The summed E-state index contributed by atoms with van der Waals surface area (Å²) in [5, 5.41) is 2.28. The lowest BCUT2D eigenvalue weighted by molar-refractivity contribution is -0.687. The number of aryl methyl sites for hydroxylation is 1. The molecular weight excluding hydrogens is 1680 g/mol. The highest BCUT2D eigenvalue weighted by Crippen LogP contribution is 2.54. The summed E-state index contributed by atoms with van der Waals surface area (Å²) in [6, 6.07) is 8.69.